The number of aromatic nitrogens is 1. The van der Waals surface area contributed by atoms with Crippen LogP contribution < -0.4 is 0 Å². The molecular weight excluding hydrogens is 406 g/mol. The van der Waals surface area contributed by atoms with E-state index >= 15 is 0 Å². The van der Waals surface area contributed by atoms with E-state index in [2.05, 4.69) is 32.0 Å². The van der Waals surface area contributed by atoms with Gasteiger partial charge in [-0.2, -0.15) is 0 Å². The molecule has 3 rings (SSSR count). The van der Waals surface area contributed by atoms with Crippen molar-refractivity contribution in [1.82, 2.24) is 14.8 Å². The maximum atomic E-state index is 13.3. The second-order valence-electron chi connectivity index (χ2n) is 7.97. The lowest BCUT2D eigenvalue weighted by molar-refractivity contribution is 0.0755. The molecular formula is C25H29N3O2S. The van der Waals surface area contributed by atoms with Crippen LogP contribution in [0.15, 0.2) is 42.5 Å². The summed E-state index contributed by atoms with van der Waals surface area (Å²) in [7, 11) is 3.47. The SMILES string of the molecule is CCN(Cc1ccc(C(=O)N(C)C)cc1)C(=O)c1sc(-c2ccc(C)cc2C)nc1C. The monoisotopic (exact) mass is 435 g/mol. The molecule has 2 amide bonds. The molecule has 31 heavy (non-hydrogen) atoms. The van der Waals surface area contributed by atoms with E-state index in [1.165, 1.54) is 16.9 Å². The molecule has 162 valence electrons. The molecule has 0 aliphatic carbocycles. The zero-order chi connectivity index (χ0) is 22.7. The van der Waals surface area contributed by atoms with Crippen LogP contribution in [0, 0.1) is 20.8 Å². The fourth-order valence-corrected chi connectivity index (χ4v) is 4.59. The Balaban J connectivity index is 1.81. The molecule has 2 aromatic carbocycles. The predicted molar refractivity (Wildman–Crippen MR) is 127 cm³/mol. The first-order valence-corrected chi connectivity index (χ1v) is 11.2. The van der Waals surface area contributed by atoms with E-state index in [0.29, 0.717) is 23.5 Å². The number of hydrogen-bond acceptors (Lipinski definition) is 4. The minimum atomic E-state index is -0.0332. The topological polar surface area (TPSA) is 53.5 Å². The van der Waals surface area contributed by atoms with E-state index in [0.717, 1.165) is 27.4 Å². The number of carbonyl (C=O) groups excluding carboxylic acids is 2. The zero-order valence-electron chi connectivity index (χ0n) is 19.0. The van der Waals surface area contributed by atoms with Gasteiger partial charge in [0.1, 0.15) is 9.88 Å². The molecule has 0 atom stereocenters. The van der Waals surface area contributed by atoms with Gasteiger partial charge in [0.25, 0.3) is 11.8 Å². The van der Waals surface area contributed by atoms with Gasteiger partial charge in [-0.1, -0.05) is 35.9 Å². The molecule has 1 heterocycles. The van der Waals surface area contributed by atoms with E-state index in [1.807, 2.05) is 43.0 Å². The predicted octanol–water partition coefficient (Wildman–Crippen LogP) is 5.10. The van der Waals surface area contributed by atoms with Gasteiger partial charge in [-0.15, -0.1) is 11.3 Å². The van der Waals surface area contributed by atoms with Crippen LogP contribution >= 0.6 is 11.3 Å². The van der Waals surface area contributed by atoms with Gasteiger partial charge in [-0.05, 0) is 51.0 Å². The van der Waals surface area contributed by atoms with Gasteiger partial charge in [-0.25, -0.2) is 4.98 Å². The molecule has 0 radical (unpaired) electrons. The summed E-state index contributed by atoms with van der Waals surface area (Å²) in [6, 6.07) is 13.7. The van der Waals surface area contributed by atoms with Crippen LogP contribution in [-0.2, 0) is 6.54 Å². The van der Waals surface area contributed by atoms with Gasteiger partial charge in [0.2, 0.25) is 0 Å². The Morgan fingerprint density at radius 1 is 0.968 bits per heavy atom. The fourth-order valence-electron chi connectivity index (χ4n) is 3.47. The van der Waals surface area contributed by atoms with Crippen molar-refractivity contribution in [3.8, 4) is 10.6 Å². The molecule has 0 spiro atoms. The number of carbonyl (C=O) groups is 2. The Hall–Kier alpha value is -2.99. The first-order valence-electron chi connectivity index (χ1n) is 10.4. The van der Waals surface area contributed by atoms with Gasteiger partial charge >= 0.3 is 0 Å². The maximum Gasteiger partial charge on any atom is 0.266 e. The molecule has 0 bridgehead atoms. The lowest BCUT2D eigenvalue weighted by Crippen LogP contribution is -2.30. The Morgan fingerprint density at radius 2 is 1.65 bits per heavy atom. The minimum absolute atomic E-state index is 0.0121. The molecule has 5 nitrogen and oxygen atoms in total. The summed E-state index contributed by atoms with van der Waals surface area (Å²) in [5, 5.41) is 0.876. The number of hydrogen-bond donors (Lipinski definition) is 0. The molecule has 0 aliphatic heterocycles. The number of benzene rings is 2. The van der Waals surface area contributed by atoms with Crippen molar-refractivity contribution in [3.05, 3.63) is 75.3 Å². The van der Waals surface area contributed by atoms with Crippen LogP contribution in [0.25, 0.3) is 10.6 Å². The highest BCUT2D eigenvalue weighted by Crippen LogP contribution is 2.31. The van der Waals surface area contributed by atoms with Crippen LogP contribution in [-0.4, -0.2) is 47.2 Å². The summed E-state index contributed by atoms with van der Waals surface area (Å²) >= 11 is 1.45. The lowest BCUT2D eigenvalue weighted by Gasteiger charge is -2.21. The second kappa shape index (κ2) is 9.43. The molecule has 0 aliphatic rings. The van der Waals surface area contributed by atoms with E-state index < -0.39 is 0 Å². The Kier molecular flexibility index (Phi) is 6.91. The summed E-state index contributed by atoms with van der Waals surface area (Å²) in [5.74, 6) is -0.0452. The fraction of sp³-hybridized carbons (Fsp3) is 0.320. The van der Waals surface area contributed by atoms with Crippen LogP contribution in [0.4, 0.5) is 0 Å². The number of aryl methyl sites for hydroxylation is 3. The summed E-state index contributed by atoms with van der Waals surface area (Å²) < 4.78 is 0. The number of nitrogens with zero attached hydrogens (tertiary/aromatic N) is 3. The zero-order valence-corrected chi connectivity index (χ0v) is 19.8. The Morgan fingerprint density at radius 3 is 2.23 bits per heavy atom. The van der Waals surface area contributed by atoms with Crippen molar-refractivity contribution in [2.75, 3.05) is 20.6 Å². The summed E-state index contributed by atoms with van der Waals surface area (Å²) in [6.45, 7) is 9.09. The van der Waals surface area contributed by atoms with Crippen molar-refractivity contribution in [3.63, 3.8) is 0 Å². The van der Waals surface area contributed by atoms with Crippen molar-refractivity contribution < 1.29 is 9.59 Å². The van der Waals surface area contributed by atoms with E-state index in [9.17, 15) is 9.59 Å². The summed E-state index contributed by atoms with van der Waals surface area (Å²) in [4.78, 5) is 34.1. The van der Waals surface area contributed by atoms with Crippen LogP contribution in [0.3, 0.4) is 0 Å². The summed E-state index contributed by atoms with van der Waals surface area (Å²) in [6.07, 6.45) is 0. The normalized spacial score (nSPS) is 10.8. The highest BCUT2D eigenvalue weighted by Gasteiger charge is 2.22. The van der Waals surface area contributed by atoms with Crippen molar-refractivity contribution in [2.45, 2.75) is 34.2 Å². The standard InChI is InChI=1S/C25H29N3O2S/c1-7-28(15-19-9-11-20(12-10-19)24(29)27(5)6)25(30)22-18(4)26-23(31-22)21-13-8-16(2)14-17(21)3/h8-14H,7,15H2,1-6H3. The molecule has 0 saturated carbocycles. The van der Waals surface area contributed by atoms with Crippen molar-refractivity contribution in [1.29, 1.82) is 0 Å². The number of thiazole rings is 1. The third kappa shape index (κ3) is 5.02. The largest absolute Gasteiger partial charge is 0.345 e. The molecule has 0 saturated heterocycles. The van der Waals surface area contributed by atoms with E-state index in [4.69, 9.17) is 4.98 Å². The van der Waals surface area contributed by atoms with Crippen LogP contribution in [0.2, 0.25) is 0 Å². The van der Waals surface area contributed by atoms with Gasteiger partial charge in [-0.3, -0.25) is 9.59 Å². The van der Waals surface area contributed by atoms with Crippen molar-refractivity contribution >= 4 is 23.2 Å². The molecule has 0 fully saturated rings. The maximum absolute atomic E-state index is 13.3. The molecule has 0 unspecified atom stereocenters. The quantitative estimate of drug-likeness (QED) is 0.541. The minimum Gasteiger partial charge on any atom is -0.345 e. The molecule has 1 aromatic heterocycles. The first-order chi connectivity index (χ1) is 14.7. The van der Waals surface area contributed by atoms with E-state index in [1.54, 1.807) is 19.0 Å². The van der Waals surface area contributed by atoms with Gasteiger partial charge < -0.3 is 9.80 Å². The average Bonchev–Trinajstić information content (AvgIpc) is 3.12. The third-order valence-corrected chi connectivity index (χ3v) is 6.43. The van der Waals surface area contributed by atoms with E-state index in [-0.39, 0.29) is 11.8 Å². The van der Waals surface area contributed by atoms with Gasteiger partial charge in [0.15, 0.2) is 0 Å². The van der Waals surface area contributed by atoms with Gasteiger partial charge in [0.05, 0.1) is 5.69 Å². The molecule has 3 aromatic rings. The molecule has 0 N–H and O–H groups in total. The highest BCUT2D eigenvalue weighted by atomic mass is 32.1. The first kappa shape index (κ1) is 22.7. The smallest absolute Gasteiger partial charge is 0.266 e. The van der Waals surface area contributed by atoms with Crippen molar-refractivity contribution in [2.24, 2.45) is 0 Å². The lowest BCUT2D eigenvalue weighted by atomic mass is 10.1. The number of amides is 2. The van der Waals surface area contributed by atoms with Crippen LogP contribution in [0.5, 0.6) is 0 Å². The molecule has 6 heteroatoms. The summed E-state index contributed by atoms with van der Waals surface area (Å²) in [5.41, 5.74) is 5.83. The Bertz CT molecular complexity index is 1100. The average molecular weight is 436 g/mol. The Labute approximate surface area is 188 Å². The number of rotatable bonds is 6. The third-order valence-electron chi connectivity index (χ3n) is 5.25. The second-order valence-corrected chi connectivity index (χ2v) is 8.97. The van der Waals surface area contributed by atoms with Gasteiger partial charge in [0, 0.05) is 38.3 Å². The highest BCUT2D eigenvalue weighted by molar-refractivity contribution is 7.17. The van der Waals surface area contributed by atoms with Crippen LogP contribution in [0.1, 0.15) is 49.3 Å².